The molecule has 0 aromatic heterocycles. The van der Waals surface area contributed by atoms with Crippen molar-refractivity contribution in [2.75, 3.05) is 39.8 Å². The number of carbonyl (C=O) groups is 1. The SMILES string of the molecule is CCC(=O)N(C)CC[C@H]1CN(CCCC(C)C)CCO1. The van der Waals surface area contributed by atoms with E-state index >= 15 is 0 Å². The lowest BCUT2D eigenvalue weighted by Gasteiger charge is -2.33. The smallest absolute Gasteiger partial charge is 0.222 e. The second-order valence-corrected chi connectivity index (χ2v) is 6.29. The van der Waals surface area contributed by atoms with Crippen molar-refractivity contribution in [1.82, 2.24) is 9.80 Å². The van der Waals surface area contributed by atoms with Gasteiger partial charge in [-0.05, 0) is 31.7 Å². The number of morpholine rings is 1. The van der Waals surface area contributed by atoms with E-state index in [2.05, 4.69) is 18.7 Å². The van der Waals surface area contributed by atoms with Crippen molar-refractivity contribution in [2.24, 2.45) is 5.92 Å². The summed E-state index contributed by atoms with van der Waals surface area (Å²) in [6, 6.07) is 0. The van der Waals surface area contributed by atoms with Crippen molar-refractivity contribution in [2.45, 2.75) is 52.6 Å². The van der Waals surface area contributed by atoms with Crippen LogP contribution < -0.4 is 0 Å². The second kappa shape index (κ2) is 9.35. The molecule has 1 rings (SSSR count). The van der Waals surface area contributed by atoms with E-state index in [1.807, 2.05) is 18.9 Å². The van der Waals surface area contributed by atoms with Crippen LogP contribution in [0.1, 0.15) is 46.5 Å². The molecule has 1 atom stereocenters. The van der Waals surface area contributed by atoms with Crippen molar-refractivity contribution in [3.63, 3.8) is 0 Å². The molecule has 1 amide bonds. The summed E-state index contributed by atoms with van der Waals surface area (Å²) in [6.07, 6.45) is 4.40. The van der Waals surface area contributed by atoms with Crippen LogP contribution in [-0.4, -0.2) is 61.6 Å². The normalized spacial score (nSPS) is 20.4. The minimum atomic E-state index is 0.217. The Hall–Kier alpha value is -0.610. The molecule has 0 N–H and O–H groups in total. The molecule has 0 aromatic rings. The van der Waals surface area contributed by atoms with Gasteiger partial charge in [-0.25, -0.2) is 0 Å². The van der Waals surface area contributed by atoms with Gasteiger partial charge in [0, 0.05) is 33.1 Å². The number of nitrogens with zero attached hydrogens (tertiary/aromatic N) is 2. The van der Waals surface area contributed by atoms with Gasteiger partial charge in [0.2, 0.25) is 5.91 Å². The molecule has 0 spiro atoms. The Kier molecular flexibility index (Phi) is 8.15. The largest absolute Gasteiger partial charge is 0.375 e. The predicted molar refractivity (Wildman–Crippen MR) is 82.8 cm³/mol. The van der Waals surface area contributed by atoms with E-state index in [0.29, 0.717) is 6.42 Å². The molecule has 0 bridgehead atoms. The Balaban J connectivity index is 2.21. The Bertz CT molecular complexity index is 282. The van der Waals surface area contributed by atoms with Gasteiger partial charge >= 0.3 is 0 Å². The maximum atomic E-state index is 11.5. The molecule has 0 aliphatic carbocycles. The van der Waals surface area contributed by atoms with Gasteiger partial charge in [-0.2, -0.15) is 0 Å². The second-order valence-electron chi connectivity index (χ2n) is 6.29. The molecule has 1 aliphatic rings. The minimum Gasteiger partial charge on any atom is -0.375 e. The van der Waals surface area contributed by atoms with Crippen LogP contribution in [0.25, 0.3) is 0 Å². The molecule has 118 valence electrons. The fourth-order valence-corrected chi connectivity index (χ4v) is 2.61. The van der Waals surface area contributed by atoms with Gasteiger partial charge < -0.3 is 9.64 Å². The summed E-state index contributed by atoms with van der Waals surface area (Å²) in [7, 11) is 1.88. The van der Waals surface area contributed by atoms with Crippen molar-refractivity contribution in [3.8, 4) is 0 Å². The number of carbonyl (C=O) groups excluding carboxylic acids is 1. The van der Waals surface area contributed by atoms with E-state index in [-0.39, 0.29) is 12.0 Å². The van der Waals surface area contributed by atoms with Crippen LogP contribution in [0, 0.1) is 5.92 Å². The standard InChI is InChI=1S/C16H32N2O2/c1-5-16(19)17(4)10-8-15-13-18(11-12-20-15)9-6-7-14(2)3/h14-15H,5-13H2,1-4H3/t15-/m0/s1. The summed E-state index contributed by atoms with van der Waals surface area (Å²) in [5.74, 6) is 1.01. The maximum absolute atomic E-state index is 11.5. The van der Waals surface area contributed by atoms with Crippen LogP contribution in [0.4, 0.5) is 0 Å². The molecule has 4 heteroatoms. The molecule has 0 saturated carbocycles. The molecule has 1 aliphatic heterocycles. The first-order chi connectivity index (χ1) is 9.52. The number of hydrogen-bond donors (Lipinski definition) is 0. The van der Waals surface area contributed by atoms with E-state index in [4.69, 9.17) is 4.74 Å². The summed E-state index contributed by atoms with van der Waals surface area (Å²) in [6.45, 7) is 11.4. The topological polar surface area (TPSA) is 32.8 Å². The van der Waals surface area contributed by atoms with Crippen LogP contribution in [0.3, 0.4) is 0 Å². The van der Waals surface area contributed by atoms with Crippen LogP contribution in [0.15, 0.2) is 0 Å². The van der Waals surface area contributed by atoms with Gasteiger partial charge in [0.05, 0.1) is 12.7 Å². The van der Waals surface area contributed by atoms with Gasteiger partial charge in [0.1, 0.15) is 0 Å². The summed E-state index contributed by atoms with van der Waals surface area (Å²) in [5, 5.41) is 0. The fraction of sp³-hybridized carbons (Fsp3) is 0.938. The molecule has 0 aromatic carbocycles. The van der Waals surface area contributed by atoms with Crippen molar-refractivity contribution in [1.29, 1.82) is 0 Å². The Labute approximate surface area is 124 Å². The summed E-state index contributed by atoms with van der Waals surface area (Å²) >= 11 is 0. The third-order valence-corrected chi connectivity index (χ3v) is 3.99. The number of rotatable bonds is 8. The molecule has 20 heavy (non-hydrogen) atoms. The molecule has 1 fully saturated rings. The van der Waals surface area contributed by atoms with Crippen LogP contribution >= 0.6 is 0 Å². The number of hydrogen-bond acceptors (Lipinski definition) is 3. The van der Waals surface area contributed by atoms with E-state index in [1.165, 1.54) is 19.4 Å². The summed E-state index contributed by atoms with van der Waals surface area (Å²) in [4.78, 5) is 15.9. The van der Waals surface area contributed by atoms with Crippen molar-refractivity contribution < 1.29 is 9.53 Å². The molecule has 1 saturated heterocycles. The fourth-order valence-electron chi connectivity index (χ4n) is 2.61. The van der Waals surface area contributed by atoms with Crippen molar-refractivity contribution in [3.05, 3.63) is 0 Å². The first-order valence-corrected chi connectivity index (χ1v) is 8.10. The third-order valence-electron chi connectivity index (χ3n) is 3.99. The minimum absolute atomic E-state index is 0.217. The first kappa shape index (κ1) is 17.4. The highest BCUT2D eigenvalue weighted by atomic mass is 16.5. The summed E-state index contributed by atoms with van der Waals surface area (Å²) < 4.78 is 5.82. The lowest BCUT2D eigenvalue weighted by molar-refractivity contribution is -0.130. The lowest BCUT2D eigenvalue weighted by Crippen LogP contribution is -2.44. The summed E-state index contributed by atoms with van der Waals surface area (Å²) in [5.41, 5.74) is 0. The van der Waals surface area contributed by atoms with E-state index < -0.39 is 0 Å². The molecule has 0 radical (unpaired) electrons. The molecular formula is C16H32N2O2. The zero-order chi connectivity index (χ0) is 15.0. The predicted octanol–water partition coefficient (Wildman–Crippen LogP) is 2.38. The van der Waals surface area contributed by atoms with Gasteiger partial charge in [-0.15, -0.1) is 0 Å². The zero-order valence-electron chi connectivity index (χ0n) is 13.7. The Morgan fingerprint density at radius 2 is 2.20 bits per heavy atom. The van der Waals surface area contributed by atoms with E-state index in [1.54, 1.807) is 0 Å². The average Bonchev–Trinajstić information content (AvgIpc) is 2.44. The highest BCUT2D eigenvalue weighted by Crippen LogP contribution is 2.12. The van der Waals surface area contributed by atoms with Crippen molar-refractivity contribution >= 4 is 5.91 Å². The highest BCUT2D eigenvalue weighted by molar-refractivity contribution is 5.75. The van der Waals surface area contributed by atoms with Gasteiger partial charge in [0.25, 0.3) is 0 Å². The Morgan fingerprint density at radius 3 is 2.85 bits per heavy atom. The van der Waals surface area contributed by atoms with Crippen LogP contribution in [0.2, 0.25) is 0 Å². The average molecular weight is 284 g/mol. The zero-order valence-corrected chi connectivity index (χ0v) is 13.7. The molecular weight excluding hydrogens is 252 g/mol. The molecule has 4 nitrogen and oxygen atoms in total. The number of amides is 1. The van der Waals surface area contributed by atoms with E-state index in [9.17, 15) is 4.79 Å². The highest BCUT2D eigenvalue weighted by Gasteiger charge is 2.20. The van der Waals surface area contributed by atoms with E-state index in [0.717, 1.165) is 38.6 Å². The Morgan fingerprint density at radius 1 is 1.45 bits per heavy atom. The number of ether oxygens (including phenoxy) is 1. The van der Waals surface area contributed by atoms with Crippen LogP contribution in [0.5, 0.6) is 0 Å². The lowest BCUT2D eigenvalue weighted by atomic mass is 10.1. The van der Waals surface area contributed by atoms with Gasteiger partial charge in [0.15, 0.2) is 0 Å². The van der Waals surface area contributed by atoms with Gasteiger partial charge in [-0.3, -0.25) is 9.69 Å². The third kappa shape index (κ3) is 6.71. The quantitative estimate of drug-likeness (QED) is 0.686. The van der Waals surface area contributed by atoms with Crippen LogP contribution in [-0.2, 0) is 9.53 Å². The molecule has 1 heterocycles. The first-order valence-electron chi connectivity index (χ1n) is 8.10. The van der Waals surface area contributed by atoms with Gasteiger partial charge in [-0.1, -0.05) is 20.8 Å². The monoisotopic (exact) mass is 284 g/mol. The maximum Gasteiger partial charge on any atom is 0.222 e. The molecule has 0 unspecified atom stereocenters.